The summed E-state index contributed by atoms with van der Waals surface area (Å²) in [5.41, 5.74) is 4.51. The molecule has 3 nitrogen and oxygen atoms in total. The summed E-state index contributed by atoms with van der Waals surface area (Å²) in [4.78, 5) is 1.32. The maximum atomic E-state index is 3.85. The lowest BCUT2D eigenvalue weighted by Crippen LogP contribution is -2.34. The minimum absolute atomic E-state index is 0.700. The van der Waals surface area contributed by atoms with Crippen molar-refractivity contribution in [3.05, 3.63) is 59.7 Å². The van der Waals surface area contributed by atoms with E-state index in [9.17, 15) is 0 Å². The summed E-state index contributed by atoms with van der Waals surface area (Å²) < 4.78 is 2.48. The molecule has 2 fully saturated rings. The summed E-state index contributed by atoms with van der Waals surface area (Å²) in [6.07, 6.45) is 6.44. The maximum absolute atomic E-state index is 3.85. The van der Waals surface area contributed by atoms with Gasteiger partial charge in [-0.1, -0.05) is 30.3 Å². The Hall–Kier alpha value is -1.49. The summed E-state index contributed by atoms with van der Waals surface area (Å²) >= 11 is 1.88. The topological polar surface area (TPSA) is 27.3 Å². The van der Waals surface area contributed by atoms with E-state index in [1.807, 2.05) is 11.9 Å². The SMILES string of the molecule is c1ccc(SN2CCCc3cc(C4CC4NCC4CCNCC4)ccc32)cc1. The summed E-state index contributed by atoms with van der Waals surface area (Å²) in [6.45, 7) is 4.73. The smallest absolute Gasteiger partial charge is 0.0505 e. The predicted octanol–water partition coefficient (Wildman–Crippen LogP) is 4.59. The van der Waals surface area contributed by atoms with E-state index in [0.717, 1.165) is 18.4 Å². The number of piperidine rings is 1. The molecule has 148 valence electrons. The van der Waals surface area contributed by atoms with Crippen LogP contribution in [0, 0.1) is 5.92 Å². The van der Waals surface area contributed by atoms with Crippen molar-refractivity contribution < 1.29 is 0 Å². The summed E-state index contributed by atoms with van der Waals surface area (Å²) in [6, 6.07) is 18.7. The van der Waals surface area contributed by atoms with Crippen LogP contribution in [0.2, 0.25) is 0 Å². The van der Waals surface area contributed by atoms with E-state index in [-0.39, 0.29) is 0 Å². The number of hydrogen-bond donors (Lipinski definition) is 2. The van der Waals surface area contributed by atoms with Crippen molar-refractivity contribution in [3.8, 4) is 0 Å². The minimum atomic E-state index is 0.700. The summed E-state index contributed by atoms with van der Waals surface area (Å²) in [5, 5.41) is 7.32. The number of aryl methyl sites for hydroxylation is 1. The molecule has 0 aromatic heterocycles. The highest BCUT2D eigenvalue weighted by molar-refractivity contribution is 8.00. The number of benzene rings is 2. The fourth-order valence-electron chi connectivity index (χ4n) is 4.71. The van der Waals surface area contributed by atoms with E-state index in [4.69, 9.17) is 0 Å². The summed E-state index contributed by atoms with van der Waals surface area (Å²) in [7, 11) is 0. The maximum Gasteiger partial charge on any atom is 0.0505 e. The molecule has 5 rings (SSSR count). The molecule has 2 unspecified atom stereocenters. The van der Waals surface area contributed by atoms with Crippen molar-refractivity contribution in [3.63, 3.8) is 0 Å². The molecule has 2 atom stereocenters. The van der Waals surface area contributed by atoms with E-state index < -0.39 is 0 Å². The highest BCUT2D eigenvalue weighted by atomic mass is 32.2. The van der Waals surface area contributed by atoms with Crippen LogP contribution in [0.15, 0.2) is 53.4 Å². The fourth-order valence-corrected chi connectivity index (χ4v) is 5.74. The van der Waals surface area contributed by atoms with Crippen LogP contribution in [0.4, 0.5) is 5.69 Å². The van der Waals surface area contributed by atoms with Gasteiger partial charge in [0.15, 0.2) is 0 Å². The first kappa shape index (κ1) is 18.5. The van der Waals surface area contributed by atoms with Crippen LogP contribution in [-0.2, 0) is 6.42 Å². The zero-order valence-corrected chi connectivity index (χ0v) is 17.4. The van der Waals surface area contributed by atoms with Gasteiger partial charge in [0.05, 0.1) is 5.69 Å². The molecule has 0 bridgehead atoms. The Morgan fingerprint density at radius 1 is 1.07 bits per heavy atom. The Balaban J connectivity index is 1.21. The van der Waals surface area contributed by atoms with Crippen molar-refractivity contribution in [2.24, 2.45) is 5.92 Å². The van der Waals surface area contributed by atoms with E-state index in [0.29, 0.717) is 6.04 Å². The van der Waals surface area contributed by atoms with E-state index in [1.54, 1.807) is 5.56 Å². The van der Waals surface area contributed by atoms with Crippen LogP contribution in [0.25, 0.3) is 0 Å². The van der Waals surface area contributed by atoms with Crippen molar-refractivity contribution in [2.45, 2.75) is 49.0 Å². The van der Waals surface area contributed by atoms with Gasteiger partial charge >= 0.3 is 0 Å². The zero-order chi connectivity index (χ0) is 18.8. The van der Waals surface area contributed by atoms with Gasteiger partial charge in [-0.15, -0.1) is 0 Å². The average molecular weight is 394 g/mol. The molecule has 0 radical (unpaired) electrons. The molecule has 1 saturated carbocycles. The van der Waals surface area contributed by atoms with Gasteiger partial charge in [-0.3, -0.25) is 0 Å². The Bertz CT molecular complexity index is 788. The molecule has 1 saturated heterocycles. The van der Waals surface area contributed by atoms with Gasteiger partial charge in [0.1, 0.15) is 0 Å². The lowest BCUT2D eigenvalue weighted by Gasteiger charge is -2.30. The molecule has 2 heterocycles. The van der Waals surface area contributed by atoms with Gasteiger partial charge in [-0.05, 0) is 98.9 Å². The highest BCUT2D eigenvalue weighted by Crippen LogP contribution is 2.44. The first-order chi connectivity index (χ1) is 13.9. The third kappa shape index (κ3) is 4.24. The quantitative estimate of drug-likeness (QED) is 0.702. The molecule has 3 aliphatic rings. The molecule has 4 heteroatoms. The first-order valence-corrected chi connectivity index (χ1v) is 11.7. The van der Waals surface area contributed by atoms with Crippen LogP contribution in [0.3, 0.4) is 0 Å². The van der Waals surface area contributed by atoms with E-state index in [2.05, 4.69) is 63.5 Å². The molecule has 2 aliphatic heterocycles. The minimum Gasteiger partial charge on any atom is -0.317 e. The predicted molar refractivity (Wildman–Crippen MR) is 119 cm³/mol. The standard InChI is InChI=1S/C24H31N3S/c1-2-6-21(7-3-1)28-27-14-4-5-20-15-19(8-9-24(20)27)22-16-23(22)26-17-18-10-12-25-13-11-18/h1-3,6-9,15,18,22-23,25-26H,4-5,10-14,16-17H2. The normalized spacial score (nSPS) is 24.8. The van der Waals surface area contributed by atoms with Crippen LogP contribution in [0.1, 0.15) is 42.7 Å². The van der Waals surface area contributed by atoms with Crippen molar-refractivity contribution in [1.29, 1.82) is 0 Å². The lowest BCUT2D eigenvalue weighted by molar-refractivity contribution is 0.355. The van der Waals surface area contributed by atoms with Gasteiger partial charge in [0.2, 0.25) is 0 Å². The van der Waals surface area contributed by atoms with Crippen molar-refractivity contribution in [1.82, 2.24) is 10.6 Å². The molecule has 28 heavy (non-hydrogen) atoms. The molecule has 2 aromatic carbocycles. The monoisotopic (exact) mass is 393 g/mol. The number of fused-ring (bicyclic) bond motifs is 1. The Labute approximate surface area is 173 Å². The molecular weight excluding hydrogens is 362 g/mol. The first-order valence-electron chi connectivity index (χ1n) is 10.9. The molecule has 2 aromatic rings. The van der Waals surface area contributed by atoms with Crippen molar-refractivity contribution >= 4 is 17.6 Å². The molecular formula is C24H31N3S. The van der Waals surface area contributed by atoms with Gasteiger partial charge in [0.25, 0.3) is 0 Å². The second-order valence-corrected chi connectivity index (χ2v) is 9.64. The van der Waals surface area contributed by atoms with Gasteiger partial charge < -0.3 is 14.9 Å². The second kappa shape index (κ2) is 8.48. The number of nitrogens with one attached hydrogen (secondary N) is 2. The molecule has 1 aliphatic carbocycles. The van der Waals surface area contributed by atoms with Crippen LogP contribution < -0.4 is 14.9 Å². The Morgan fingerprint density at radius 3 is 2.79 bits per heavy atom. The molecule has 0 amide bonds. The van der Waals surface area contributed by atoms with Crippen LogP contribution in [0.5, 0.6) is 0 Å². The number of hydrogen-bond acceptors (Lipinski definition) is 4. The number of anilines is 1. The van der Waals surface area contributed by atoms with E-state index in [1.165, 1.54) is 67.9 Å². The fraction of sp³-hybridized carbons (Fsp3) is 0.500. The van der Waals surface area contributed by atoms with Gasteiger partial charge in [-0.2, -0.15) is 0 Å². The van der Waals surface area contributed by atoms with E-state index >= 15 is 0 Å². The van der Waals surface area contributed by atoms with Gasteiger partial charge in [-0.25, -0.2) is 0 Å². The number of nitrogens with zero attached hydrogens (tertiary/aromatic N) is 1. The third-order valence-corrected chi connectivity index (χ3v) is 7.57. The third-order valence-electron chi connectivity index (χ3n) is 6.48. The van der Waals surface area contributed by atoms with Crippen LogP contribution in [-0.4, -0.2) is 32.2 Å². The Kier molecular flexibility index (Phi) is 5.61. The molecule has 2 N–H and O–H groups in total. The largest absolute Gasteiger partial charge is 0.317 e. The second-order valence-electron chi connectivity index (χ2n) is 8.55. The van der Waals surface area contributed by atoms with Gasteiger partial charge in [0, 0.05) is 23.4 Å². The zero-order valence-electron chi connectivity index (χ0n) is 16.6. The summed E-state index contributed by atoms with van der Waals surface area (Å²) in [5.74, 6) is 1.60. The highest BCUT2D eigenvalue weighted by Gasteiger charge is 2.38. The van der Waals surface area contributed by atoms with Crippen molar-refractivity contribution in [2.75, 3.05) is 30.5 Å². The Morgan fingerprint density at radius 2 is 1.93 bits per heavy atom. The lowest BCUT2D eigenvalue weighted by atomic mass is 9.97. The average Bonchev–Trinajstić information content (AvgIpc) is 3.53. The number of rotatable bonds is 6. The molecule has 0 spiro atoms. The van der Waals surface area contributed by atoms with Crippen LogP contribution >= 0.6 is 11.9 Å².